The Bertz CT molecular complexity index is 1060. The van der Waals surface area contributed by atoms with E-state index in [1.807, 2.05) is 6.07 Å². The minimum Gasteiger partial charge on any atom is -0.389 e. The first-order chi connectivity index (χ1) is 14.0. The van der Waals surface area contributed by atoms with E-state index >= 15 is 0 Å². The van der Waals surface area contributed by atoms with Crippen molar-refractivity contribution in [3.8, 4) is 5.88 Å². The molecule has 2 amide bonds. The van der Waals surface area contributed by atoms with Crippen molar-refractivity contribution in [1.82, 2.24) is 24.7 Å². The predicted molar refractivity (Wildman–Crippen MR) is 103 cm³/mol. The highest BCUT2D eigenvalue weighted by Gasteiger charge is 2.27. The van der Waals surface area contributed by atoms with Crippen LogP contribution in [0.2, 0.25) is 0 Å². The summed E-state index contributed by atoms with van der Waals surface area (Å²) in [6, 6.07) is 3.68. The van der Waals surface area contributed by atoms with Crippen molar-refractivity contribution >= 4 is 29.1 Å². The zero-order valence-corrected chi connectivity index (χ0v) is 15.5. The molecule has 0 bridgehead atoms. The number of amides is 2. The fourth-order valence-corrected chi connectivity index (χ4v) is 2.74. The van der Waals surface area contributed by atoms with E-state index in [0.29, 0.717) is 17.3 Å². The first kappa shape index (κ1) is 18.3. The van der Waals surface area contributed by atoms with Crippen molar-refractivity contribution in [2.75, 3.05) is 10.6 Å². The van der Waals surface area contributed by atoms with Crippen LogP contribution in [0.25, 0.3) is 0 Å². The Balaban J connectivity index is 1.57. The molecular formula is C18H18N8O3. The number of rotatable bonds is 6. The number of nitrogens with two attached hydrogens (primary N) is 1. The number of ether oxygens (including phenoxy) is 1. The Kier molecular flexibility index (Phi) is 4.77. The molecule has 0 radical (unpaired) electrons. The van der Waals surface area contributed by atoms with Crippen molar-refractivity contribution in [3.05, 3.63) is 48.4 Å². The van der Waals surface area contributed by atoms with Crippen LogP contribution in [0, 0.1) is 0 Å². The second-order valence-electron chi connectivity index (χ2n) is 6.56. The van der Waals surface area contributed by atoms with Gasteiger partial charge >= 0.3 is 6.09 Å². The van der Waals surface area contributed by atoms with Gasteiger partial charge in [-0.05, 0) is 25.0 Å². The number of primary amides is 1. The molecule has 3 aromatic rings. The molecule has 148 valence electrons. The lowest BCUT2D eigenvalue weighted by Crippen LogP contribution is -2.21. The third kappa shape index (κ3) is 4.29. The normalized spacial score (nSPS) is 13.0. The van der Waals surface area contributed by atoms with Gasteiger partial charge < -0.3 is 15.8 Å². The second-order valence-corrected chi connectivity index (χ2v) is 6.56. The molecule has 0 saturated heterocycles. The van der Waals surface area contributed by atoms with E-state index in [4.69, 9.17) is 10.5 Å². The smallest absolute Gasteiger partial charge is 0.389 e. The Morgan fingerprint density at radius 1 is 1.21 bits per heavy atom. The number of anilines is 3. The summed E-state index contributed by atoms with van der Waals surface area (Å²) >= 11 is 0. The highest BCUT2D eigenvalue weighted by molar-refractivity contribution is 6.00. The first-order valence-corrected chi connectivity index (χ1v) is 8.85. The van der Waals surface area contributed by atoms with E-state index in [1.165, 1.54) is 17.2 Å². The maximum Gasteiger partial charge on any atom is 0.418 e. The first-order valence-electron chi connectivity index (χ1n) is 8.85. The molecule has 0 spiro atoms. The Labute approximate surface area is 165 Å². The summed E-state index contributed by atoms with van der Waals surface area (Å²) in [5, 5.41) is 9.48. The Hall–Kier alpha value is -4.02. The molecular weight excluding hydrogens is 376 g/mol. The Morgan fingerprint density at radius 3 is 2.66 bits per heavy atom. The topological polar surface area (TPSA) is 150 Å². The van der Waals surface area contributed by atoms with Crippen LogP contribution in [0.1, 0.15) is 34.9 Å². The summed E-state index contributed by atoms with van der Waals surface area (Å²) in [6.07, 6.45) is 7.31. The number of hydrogen-bond acceptors (Lipinski definition) is 8. The molecule has 0 atom stereocenters. The van der Waals surface area contributed by atoms with Crippen molar-refractivity contribution in [1.29, 1.82) is 0 Å². The number of carbonyl (C=O) groups excluding carboxylic acids is 2. The minimum atomic E-state index is -0.826. The number of carbonyl (C=O) groups is 2. The zero-order valence-electron chi connectivity index (χ0n) is 15.5. The molecule has 0 unspecified atom stereocenters. The van der Waals surface area contributed by atoms with Crippen molar-refractivity contribution in [2.24, 2.45) is 12.8 Å². The van der Waals surface area contributed by atoms with Gasteiger partial charge in [0.2, 0.25) is 5.88 Å². The standard InChI is InChI=1S/C18H18N8O3/c1-26-8-14(15(25-26)16(19)27)24-18(28)29-17-13(22-11-6-20-9-21-7-11)5-4-12(23-17)10-2-3-10/h4-10,22H,2-3H2,1H3,(H2,19,27)(H,24,28). The van der Waals surface area contributed by atoms with Gasteiger partial charge in [0.1, 0.15) is 12.0 Å². The lowest BCUT2D eigenvalue weighted by atomic mass is 10.2. The molecule has 4 rings (SSSR count). The highest BCUT2D eigenvalue weighted by Crippen LogP contribution is 2.41. The largest absolute Gasteiger partial charge is 0.418 e. The summed E-state index contributed by atoms with van der Waals surface area (Å²) in [7, 11) is 1.60. The number of aromatic nitrogens is 5. The van der Waals surface area contributed by atoms with Crippen LogP contribution in [-0.4, -0.2) is 36.7 Å². The maximum atomic E-state index is 12.5. The molecule has 1 aliphatic rings. The maximum absolute atomic E-state index is 12.5. The molecule has 0 aromatic carbocycles. The molecule has 11 heteroatoms. The third-order valence-corrected chi connectivity index (χ3v) is 4.21. The molecule has 29 heavy (non-hydrogen) atoms. The van der Waals surface area contributed by atoms with Gasteiger partial charge in [-0.15, -0.1) is 0 Å². The van der Waals surface area contributed by atoms with Gasteiger partial charge in [-0.1, -0.05) is 0 Å². The minimum absolute atomic E-state index is 0.0658. The summed E-state index contributed by atoms with van der Waals surface area (Å²) < 4.78 is 6.80. The molecule has 11 nitrogen and oxygen atoms in total. The fourth-order valence-electron chi connectivity index (χ4n) is 2.74. The van der Waals surface area contributed by atoms with E-state index in [9.17, 15) is 9.59 Å². The SMILES string of the molecule is Cn1cc(NC(=O)Oc2nc(C3CC3)ccc2Nc2cncnc2)c(C(N)=O)n1. The van der Waals surface area contributed by atoms with E-state index in [2.05, 4.69) is 30.7 Å². The molecule has 1 aliphatic carbocycles. The van der Waals surface area contributed by atoms with Gasteiger partial charge in [0.25, 0.3) is 5.91 Å². The number of pyridine rings is 1. The van der Waals surface area contributed by atoms with Crippen LogP contribution >= 0.6 is 0 Å². The summed E-state index contributed by atoms with van der Waals surface area (Å²) in [5.41, 5.74) is 7.30. The zero-order chi connectivity index (χ0) is 20.4. The van der Waals surface area contributed by atoms with Crippen LogP contribution in [0.15, 0.2) is 37.1 Å². The molecule has 1 saturated carbocycles. The second kappa shape index (κ2) is 7.54. The van der Waals surface area contributed by atoms with E-state index in [1.54, 1.807) is 25.5 Å². The van der Waals surface area contributed by atoms with Crippen molar-refractivity contribution in [2.45, 2.75) is 18.8 Å². The lowest BCUT2D eigenvalue weighted by Gasteiger charge is -2.12. The third-order valence-electron chi connectivity index (χ3n) is 4.21. The van der Waals surface area contributed by atoms with Crippen LogP contribution < -0.4 is 21.1 Å². The average Bonchev–Trinajstić information content (AvgIpc) is 3.47. The summed E-state index contributed by atoms with van der Waals surface area (Å²) in [4.78, 5) is 36.3. The van der Waals surface area contributed by atoms with Gasteiger partial charge in [0, 0.05) is 24.9 Å². The molecule has 3 aromatic heterocycles. The van der Waals surface area contributed by atoms with E-state index < -0.39 is 12.0 Å². The number of nitrogens with zero attached hydrogens (tertiary/aromatic N) is 5. The lowest BCUT2D eigenvalue weighted by molar-refractivity contribution is 0.0995. The molecule has 0 aliphatic heterocycles. The van der Waals surface area contributed by atoms with E-state index in [-0.39, 0.29) is 17.3 Å². The summed E-state index contributed by atoms with van der Waals surface area (Å²) in [5.74, 6) is -0.296. The van der Waals surface area contributed by atoms with Gasteiger partial charge in [-0.3, -0.25) is 14.8 Å². The molecule has 1 fully saturated rings. The van der Waals surface area contributed by atoms with Crippen LogP contribution in [0.4, 0.5) is 21.9 Å². The molecule has 4 N–H and O–H groups in total. The quantitative estimate of drug-likeness (QED) is 0.574. The Morgan fingerprint density at radius 2 is 1.97 bits per heavy atom. The van der Waals surface area contributed by atoms with Crippen molar-refractivity contribution < 1.29 is 14.3 Å². The highest BCUT2D eigenvalue weighted by atomic mass is 16.6. The number of aryl methyl sites for hydroxylation is 1. The predicted octanol–water partition coefficient (Wildman–Crippen LogP) is 1.94. The van der Waals surface area contributed by atoms with E-state index in [0.717, 1.165) is 18.5 Å². The monoisotopic (exact) mass is 394 g/mol. The summed E-state index contributed by atoms with van der Waals surface area (Å²) in [6.45, 7) is 0. The van der Waals surface area contributed by atoms with Crippen LogP contribution in [0.5, 0.6) is 5.88 Å². The van der Waals surface area contributed by atoms with Gasteiger partial charge in [0.05, 0.1) is 23.8 Å². The van der Waals surface area contributed by atoms with Gasteiger partial charge in [-0.25, -0.2) is 19.7 Å². The van der Waals surface area contributed by atoms with Crippen LogP contribution in [0.3, 0.4) is 0 Å². The van der Waals surface area contributed by atoms with Crippen molar-refractivity contribution in [3.63, 3.8) is 0 Å². The average molecular weight is 394 g/mol. The van der Waals surface area contributed by atoms with Gasteiger partial charge in [0.15, 0.2) is 5.69 Å². The number of hydrogen-bond donors (Lipinski definition) is 3. The van der Waals surface area contributed by atoms with Crippen LogP contribution in [-0.2, 0) is 7.05 Å². The fraction of sp³-hybridized carbons (Fsp3) is 0.222. The number of nitrogens with one attached hydrogen (secondary N) is 2. The molecule has 3 heterocycles. The van der Waals surface area contributed by atoms with Gasteiger partial charge in [-0.2, -0.15) is 5.10 Å².